The number of carbonyl (C=O) groups excluding carboxylic acids is 1. The molecule has 1 amide bonds. The van der Waals surface area contributed by atoms with Gasteiger partial charge in [-0.3, -0.25) is 14.8 Å². The van der Waals surface area contributed by atoms with E-state index >= 15 is 0 Å². The van der Waals surface area contributed by atoms with Gasteiger partial charge in [-0.15, -0.1) is 0 Å². The molecule has 1 heterocycles. The van der Waals surface area contributed by atoms with Crippen molar-refractivity contribution in [3.8, 4) is 11.1 Å². The lowest BCUT2D eigenvalue weighted by Gasteiger charge is -2.25. The number of hydrogen-bond acceptors (Lipinski definition) is 5. The lowest BCUT2D eigenvalue weighted by atomic mass is 10.0. The van der Waals surface area contributed by atoms with E-state index in [1.807, 2.05) is 0 Å². The van der Waals surface area contributed by atoms with Crippen molar-refractivity contribution >= 4 is 15.7 Å². The molecule has 11 heteroatoms. The highest BCUT2D eigenvalue weighted by molar-refractivity contribution is 7.92. The average molecular weight is 418 g/mol. The summed E-state index contributed by atoms with van der Waals surface area (Å²) in [4.78, 5) is 24.0. The van der Waals surface area contributed by atoms with Crippen LogP contribution in [0, 0.1) is 17.5 Å². The molecule has 1 atom stereocenters. The highest BCUT2D eigenvalue weighted by Gasteiger charge is 2.43. The van der Waals surface area contributed by atoms with E-state index in [2.05, 4.69) is 0 Å². The maximum atomic E-state index is 13.9. The molecular formula is C17H17F3N2O5S. The molecule has 2 rings (SSSR count). The summed E-state index contributed by atoms with van der Waals surface area (Å²) in [6.07, 6.45) is 1.59. The molecule has 1 unspecified atom stereocenters. The minimum absolute atomic E-state index is 0.199. The lowest BCUT2D eigenvalue weighted by molar-refractivity contribution is -0.131. The van der Waals surface area contributed by atoms with E-state index in [4.69, 9.17) is 5.21 Å². The van der Waals surface area contributed by atoms with Gasteiger partial charge in [-0.1, -0.05) is 0 Å². The molecule has 2 aromatic rings. The first-order valence-electron chi connectivity index (χ1n) is 7.91. The van der Waals surface area contributed by atoms with Gasteiger partial charge < -0.3 is 4.57 Å². The second-order valence-corrected chi connectivity index (χ2v) is 8.80. The maximum Gasteiger partial charge on any atom is 0.264 e. The Morgan fingerprint density at radius 1 is 1.21 bits per heavy atom. The molecule has 0 radical (unpaired) electrons. The molecule has 28 heavy (non-hydrogen) atoms. The number of carbonyl (C=O) groups is 1. The Kier molecular flexibility index (Phi) is 6.00. The number of nitrogens with zero attached hydrogens (tertiary/aromatic N) is 1. The number of halogens is 3. The van der Waals surface area contributed by atoms with Crippen molar-refractivity contribution in [3.05, 3.63) is 58.3 Å². The van der Waals surface area contributed by atoms with E-state index in [0.717, 1.165) is 42.1 Å². The van der Waals surface area contributed by atoms with Crippen molar-refractivity contribution in [2.45, 2.75) is 24.6 Å². The smallest absolute Gasteiger partial charge is 0.264 e. The van der Waals surface area contributed by atoms with Gasteiger partial charge in [0.05, 0.1) is 5.56 Å². The van der Waals surface area contributed by atoms with Crippen LogP contribution in [0.3, 0.4) is 0 Å². The number of rotatable bonds is 6. The van der Waals surface area contributed by atoms with Gasteiger partial charge in [0.1, 0.15) is 5.82 Å². The third-order valence-electron chi connectivity index (χ3n) is 4.56. The fourth-order valence-corrected chi connectivity index (χ4v) is 3.40. The zero-order valence-electron chi connectivity index (χ0n) is 14.9. The molecule has 2 N–H and O–H groups in total. The highest BCUT2D eigenvalue weighted by Crippen LogP contribution is 2.27. The van der Waals surface area contributed by atoms with E-state index in [0.29, 0.717) is 6.07 Å². The van der Waals surface area contributed by atoms with Crippen LogP contribution in [-0.4, -0.2) is 35.1 Å². The largest absolute Gasteiger partial charge is 0.315 e. The normalized spacial score (nSPS) is 13.8. The summed E-state index contributed by atoms with van der Waals surface area (Å²) in [5, 5.41) is 8.79. The lowest BCUT2D eigenvalue weighted by Crippen LogP contribution is -2.49. The van der Waals surface area contributed by atoms with Crippen LogP contribution >= 0.6 is 0 Å². The Balaban J connectivity index is 2.38. The predicted octanol–water partition coefficient (Wildman–Crippen LogP) is 1.63. The molecular weight excluding hydrogens is 401 g/mol. The zero-order chi connectivity index (χ0) is 21.3. The van der Waals surface area contributed by atoms with Crippen LogP contribution < -0.4 is 11.0 Å². The molecule has 0 aliphatic carbocycles. The fourth-order valence-electron chi connectivity index (χ4n) is 2.56. The van der Waals surface area contributed by atoms with Gasteiger partial charge >= 0.3 is 0 Å². The third-order valence-corrected chi connectivity index (χ3v) is 6.59. The second-order valence-electron chi connectivity index (χ2n) is 6.36. The van der Waals surface area contributed by atoms with Crippen molar-refractivity contribution in [3.63, 3.8) is 0 Å². The number of hydrogen-bond donors (Lipinski definition) is 2. The summed E-state index contributed by atoms with van der Waals surface area (Å²) in [6.45, 7) is 0.842. The summed E-state index contributed by atoms with van der Waals surface area (Å²) >= 11 is 0. The van der Waals surface area contributed by atoms with Gasteiger partial charge in [-0.2, -0.15) is 0 Å². The topological polar surface area (TPSA) is 105 Å². The Labute approximate surface area is 158 Å². The summed E-state index contributed by atoms with van der Waals surface area (Å²) in [7, 11) is -3.95. The summed E-state index contributed by atoms with van der Waals surface area (Å²) < 4.78 is 64.0. The maximum absolute atomic E-state index is 13.9. The number of hydroxylamine groups is 1. The van der Waals surface area contributed by atoms with E-state index in [1.165, 1.54) is 5.48 Å². The van der Waals surface area contributed by atoms with E-state index in [9.17, 15) is 31.2 Å². The molecule has 1 aromatic carbocycles. The standard InChI is InChI=1S/C17H17F3N2O5S/c1-17(16(24)21-25,28(2,26)27)6-8-22-7-5-10(9-13(22)23)14-11(18)3-4-12(19)15(14)20/h3-5,7,9,25H,6,8H2,1-2H3,(H,21,24). The van der Waals surface area contributed by atoms with Crippen LogP contribution in [0.15, 0.2) is 35.3 Å². The van der Waals surface area contributed by atoms with Crippen molar-refractivity contribution in [2.75, 3.05) is 6.26 Å². The van der Waals surface area contributed by atoms with Crippen LogP contribution in [0.2, 0.25) is 0 Å². The van der Waals surface area contributed by atoms with E-state index in [1.54, 1.807) is 0 Å². The van der Waals surface area contributed by atoms with E-state index < -0.39 is 49.1 Å². The predicted molar refractivity (Wildman–Crippen MR) is 93.8 cm³/mol. The minimum Gasteiger partial charge on any atom is -0.315 e. The van der Waals surface area contributed by atoms with Crippen LogP contribution in [0.5, 0.6) is 0 Å². The molecule has 0 aliphatic rings. The van der Waals surface area contributed by atoms with Gasteiger partial charge in [0.15, 0.2) is 26.2 Å². The Hall–Kier alpha value is -2.66. The van der Waals surface area contributed by atoms with Crippen molar-refractivity contribution in [2.24, 2.45) is 0 Å². The Morgan fingerprint density at radius 3 is 2.36 bits per heavy atom. The van der Waals surface area contributed by atoms with Gasteiger partial charge in [0, 0.05) is 25.1 Å². The number of pyridine rings is 1. The van der Waals surface area contributed by atoms with Crippen LogP contribution in [0.1, 0.15) is 13.3 Å². The fraction of sp³-hybridized carbons (Fsp3) is 0.294. The summed E-state index contributed by atoms with van der Waals surface area (Å²) in [5.74, 6) is -4.94. The summed E-state index contributed by atoms with van der Waals surface area (Å²) in [6, 6.07) is 3.37. The SMILES string of the molecule is CC(CCn1ccc(-c2c(F)ccc(F)c2F)cc1=O)(C(=O)NO)S(C)(=O)=O. The van der Waals surface area contributed by atoms with Crippen LogP contribution in [0.4, 0.5) is 13.2 Å². The third kappa shape index (κ3) is 3.94. The van der Waals surface area contributed by atoms with Crippen LogP contribution in [-0.2, 0) is 21.2 Å². The quantitative estimate of drug-likeness (QED) is 0.422. The Morgan fingerprint density at radius 2 is 1.82 bits per heavy atom. The molecule has 0 saturated carbocycles. The van der Waals surface area contributed by atoms with E-state index in [-0.39, 0.29) is 18.5 Å². The molecule has 1 aromatic heterocycles. The van der Waals surface area contributed by atoms with Crippen molar-refractivity contribution in [1.29, 1.82) is 0 Å². The summed E-state index contributed by atoms with van der Waals surface area (Å²) in [5.41, 5.74) is -0.365. The van der Waals surface area contributed by atoms with Gasteiger partial charge in [-0.25, -0.2) is 27.1 Å². The monoisotopic (exact) mass is 418 g/mol. The highest BCUT2D eigenvalue weighted by atomic mass is 32.2. The molecule has 152 valence electrons. The second kappa shape index (κ2) is 7.76. The van der Waals surface area contributed by atoms with Crippen LogP contribution in [0.25, 0.3) is 11.1 Å². The molecule has 0 spiro atoms. The molecule has 0 bridgehead atoms. The number of nitrogens with one attached hydrogen (secondary N) is 1. The minimum atomic E-state index is -3.95. The first kappa shape index (κ1) is 21.6. The van der Waals surface area contributed by atoms with Crippen molar-refractivity contribution < 1.29 is 31.6 Å². The molecule has 0 fully saturated rings. The molecule has 0 aliphatic heterocycles. The number of aromatic nitrogens is 1. The number of sulfone groups is 1. The molecule has 0 saturated heterocycles. The van der Waals surface area contributed by atoms with Gasteiger partial charge in [-0.05, 0) is 37.1 Å². The Bertz CT molecular complexity index is 1080. The number of aryl methyl sites for hydroxylation is 1. The first-order chi connectivity index (χ1) is 12.9. The van der Waals surface area contributed by atoms with Gasteiger partial charge in [0.25, 0.3) is 11.5 Å². The number of amides is 1. The van der Waals surface area contributed by atoms with Crippen molar-refractivity contribution in [1.82, 2.24) is 10.0 Å². The van der Waals surface area contributed by atoms with Gasteiger partial charge in [0.2, 0.25) is 0 Å². The first-order valence-corrected chi connectivity index (χ1v) is 9.80. The number of benzene rings is 1. The zero-order valence-corrected chi connectivity index (χ0v) is 15.7. The molecule has 7 nitrogen and oxygen atoms in total. The average Bonchev–Trinajstić information content (AvgIpc) is 2.62.